The van der Waals surface area contributed by atoms with Crippen molar-refractivity contribution < 1.29 is 9.84 Å². The lowest BCUT2D eigenvalue weighted by Crippen LogP contribution is -2.11. The van der Waals surface area contributed by atoms with Gasteiger partial charge in [-0.3, -0.25) is 0 Å². The highest BCUT2D eigenvalue weighted by Gasteiger charge is 2.23. The normalized spacial score (nSPS) is 18.3. The molecular formula is C17H17BrO2S. The average Bonchev–Trinajstić information content (AvgIpc) is 2.88. The minimum atomic E-state index is -0.529. The van der Waals surface area contributed by atoms with E-state index in [9.17, 15) is 5.11 Å². The van der Waals surface area contributed by atoms with Crippen LogP contribution in [0.1, 0.15) is 30.1 Å². The van der Waals surface area contributed by atoms with E-state index in [1.165, 1.54) is 10.5 Å². The van der Waals surface area contributed by atoms with Gasteiger partial charge in [0.15, 0.2) is 0 Å². The van der Waals surface area contributed by atoms with Crippen molar-refractivity contribution in [3.05, 3.63) is 58.1 Å². The van der Waals surface area contributed by atoms with Crippen molar-refractivity contribution in [3.8, 4) is 5.75 Å². The third-order valence-electron chi connectivity index (χ3n) is 3.66. The summed E-state index contributed by atoms with van der Waals surface area (Å²) in [4.78, 5) is 1.36. The summed E-state index contributed by atoms with van der Waals surface area (Å²) in [6.07, 6.45) is -0.529. The monoisotopic (exact) mass is 364 g/mol. The first-order valence-electron chi connectivity index (χ1n) is 6.97. The second kappa shape index (κ2) is 6.42. The maximum Gasteiger partial charge on any atom is 0.126 e. The molecule has 2 aromatic carbocycles. The number of halogens is 1. The Hall–Kier alpha value is -0.970. The molecule has 0 bridgehead atoms. The van der Waals surface area contributed by atoms with Crippen LogP contribution in [0.5, 0.6) is 5.75 Å². The van der Waals surface area contributed by atoms with E-state index in [0.717, 1.165) is 21.5 Å². The molecule has 0 aliphatic carbocycles. The summed E-state index contributed by atoms with van der Waals surface area (Å²) < 4.78 is 6.98. The molecule has 1 heterocycles. The molecule has 0 saturated carbocycles. The van der Waals surface area contributed by atoms with Crippen LogP contribution in [0.4, 0.5) is 0 Å². The van der Waals surface area contributed by atoms with Gasteiger partial charge in [0.05, 0.1) is 12.7 Å². The van der Waals surface area contributed by atoms with Crippen LogP contribution < -0.4 is 4.74 Å². The number of aliphatic hydroxyl groups is 1. The molecular weight excluding hydrogens is 348 g/mol. The quantitative estimate of drug-likeness (QED) is 0.846. The number of aliphatic hydroxyl groups excluding tert-OH is 1. The summed E-state index contributed by atoms with van der Waals surface area (Å²) in [5.41, 5.74) is 2.20. The lowest BCUT2D eigenvalue weighted by Gasteiger charge is -2.17. The van der Waals surface area contributed by atoms with Gasteiger partial charge < -0.3 is 9.84 Å². The van der Waals surface area contributed by atoms with Crippen molar-refractivity contribution in [3.63, 3.8) is 0 Å². The number of thioether (sulfide) groups is 1. The number of fused-ring (bicyclic) bond motifs is 1. The van der Waals surface area contributed by atoms with Gasteiger partial charge in [-0.1, -0.05) is 40.2 Å². The largest absolute Gasteiger partial charge is 0.492 e. The molecule has 0 aromatic heterocycles. The predicted molar refractivity (Wildman–Crippen MR) is 90.2 cm³/mol. The lowest BCUT2D eigenvalue weighted by atomic mass is 10.0. The van der Waals surface area contributed by atoms with Crippen LogP contribution in [0.3, 0.4) is 0 Å². The van der Waals surface area contributed by atoms with Gasteiger partial charge in [-0.25, -0.2) is 0 Å². The molecule has 0 saturated heterocycles. The fourth-order valence-corrected chi connectivity index (χ4v) is 4.11. The second-order valence-electron chi connectivity index (χ2n) is 5.21. The zero-order valence-electron chi connectivity index (χ0n) is 11.8. The standard InChI is InChI=1S/C17H17BrO2S/c1-11(19)14-7-6-13(18)8-16(14)20-9-12-10-21-17-5-3-2-4-15(12)17/h2-8,11-12,19H,9-10H2,1H3/t11-,12?/m0/s1. The number of rotatable bonds is 4. The predicted octanol–water partition coefficient (Wildman–Crippen LogP) is 4.77. The summed E-state index contributed by atoms with van der Waals surface area (Å²) in [6, 6.07) is 14.3. The Kier molecular flexibility index (Phi) is 4.57. The summed E-state index contributed by atoms with van der Waals surface area (Å²) in [5.74, 6) is 2.22. The maximum absolute atomic E-state index is 9.85. The van der Waals surface area contributed by atoms with E-state index in [-0.39, 0.29) is 0 Å². The van der Waals surface area contributed by atoms with E-state index in [0.29, 0.717) is 12.5 Å². The van der Waals surface area contributed by atoms with Crippen molar-refractivity contribution in [2.45, 2.75) is 23.8 Å². The first-order chi connectivity index (χ1) is 10.1. The van der Waals surface area contributed by atoms with Crippen LogP contribution in [-0.2, 0) is 0 Å². The van der Waals surface area contributed by atoms with Crippen molar-refractivity contribution in [2.75, 3.05) is 12.4 Å². The van der Waals surface area contributed by atoms with Gasteiger partial charge in [-0.15, -0.1) is 11.8 Å². The minimum absolute atomic E-state index is 0.409. The van der Waals surface area contributed by atoms with Gasteiger partial charge in [0.25, 0.3) is 0 Å². The molecule has 3 rings (SSSR count). The molecule has 0 amide bonds. The Bertz CT molecular complexity index is 642. The fourth-order valence-electron chi connectivity index (χ4n) is 2.54. The van der Waals surface area contributed by atoms with Gasteiger partial charge in [0.2, 0.25) is 0 Å². The van der Waals surface area contributed by atoms with Crippen molar-refractivity contribution in [1.82, 2.24) is 0 Å². The zero-order chi connectivity index (χ0) is 14.8. The van der Waals surface area contributed by atoms with E-state index in [1.807, 2.05) is 30.0 Å². The molecule has 4 heteroatoms. The fraction of sp³-hybridized carbons (Fsp3) is 0.294. The first-order valence-corrected chi connectivity index (χ1v) is 8.75. The van der Waals surface area contributed by atoms with E-state index in [4.69, 9.17) is 4.74 Å². The number of benzene rings is 2. The highest BCUT2D eigenvalue weighted by Crippen LogP contribution is 2.40. The Morgan fingerprint density at radius 2 is 2.14 bits per heavy atom. The first kappa shape index (κ1) is 14.9. The van der Waals surface area contributed by atoms with E-state index in [1.54, 1.807) is 6.92 Å². The number of hydrogen-bond acceptors (Lipinski definition) is 3. The number of hydrogen-bond donors (Lipinski definition) is 1. The molecule has 1 unspecified atom stereocenters. The average molecular weight is 365 g/mol. The summed E-state index contributed by atoms with van der Waals surface area (Å²) in [5, 5.41) is 9.85. The van der Waals surface area contributed by atoms with Crippen molar-refractivity contribution >= 4 is 27.7 Å². The topological polar surface area (TPSA) is 29.5 Å². The van der Waals surface area contributed by atoms with Crippen LogP contribution in [-0.4, -0.2) is 17.5 Å². The zero-order valence-corrected chi connectivity index (χ0v) is 14.2. The molecule has 2 nitrogen and oxygen atoms in total. The second-order valence-corrected chi connectivity index (χ2v) is 7.19. The lowest BCUT2D eigenvalue weighted by molar-refractivity contribution is 0.190. The Morgan fingerprint density at radius 1 is 1.33 bits per heavy atom. The highest BCUT2D eigenvalue weighted by molar-refractivity contribution is 9.10. The molecule has 110 valence electrons. The molecule has 2 atom stereocenters. The van der Waals surface area contributed by atoms with Gasteiger partial charge in [-0.05, 0) is 30.7 Å². The molecule has 0 radical (unpaired) electrons. The molecule has 0 fully saturated rings. The molecule has 1 aliphatic rings. The molecule has 0 spiro atoms. The SMILES string of the molecule is C[C@H](O)c1ccc(Br)cc1OCC1CSc2ccccc21. The van der Waals surface area contributed by atoms with Gasteiger partial charge in [0, 0.05) is 26.6 Å². The van der Waals surface area contributed by atoms with Crippen LogP contribution in [0.25, 0.3) is 0 Å². The maximum atomic E-state index is 9.85. The molecule has 21 heavy (non-hydrogen) atoms. The van der Waals surface area contributed by atoms with Crippen LogP contribution in [0.2, 0.25) is 0 Å². The third kappa shape index (κ3) is 3.28. The Balaban J connectivity index is 1.76. The van der Waals surface area contributed by atoms with E-state index < -0.39 is 6.10 Å². The molecule has 1 N–H and O–H groups in total. The Labute approximate surface area is 137 Å². The van der Waals surface area contributed by atoms with Gasteiger partial charge >= 0.3 is 0 Å². The molecule has 2 aromatic rings. The summed E-state index contributed by atoms with van der Waals surface area (Å²) in [6.45, 7) is 2.40. The van der Waals surface area contributed by atoms with Gasteiger partial charge in [-0.2, -0.15) is 0 Å². The van der Waals surface area contributed by atoms with Crippen LogP contribution >= 0.6 is 27.7 Å². The molecule has 1 aliphatic heterocycles. The summed E-state index contributed by atoms with van der Waals surface area (Å²) in [7, 11) is 0. The van der Waals surface area contributed by atoms with E-state index >= 15 is 0 Å². The minimum Gasteiger partial charge on any atom is -0.492 e. The third-order valence-corrected chi connectivity index (χ3v) is 5.41. The van der Waals surface area contributed by atoms with Crippen LogP contribution in [0.15, 0.2) is 51.8 Å². The van der Waals surface area contributed by atoms with Crippen molar-refractivity contribution in [2.24, 2.45) is 0 Å². The summed E-state index contributed by atoms with van der Waals surface area (Å²) >= 11 is 5.35. The van der Waals surface area contributed by atoms with Crippen LogP contribution in [0, 0.1) is 0 Å². The highest BCUT2D eigenvalue weighted by atomic mass is 79.9. The van der Waals surface area contributed by atoms with Gasteiger partial charge in [0.1, 0.15) is 5.75 Å². The van der Waals surface area contributed by atoms with Crippen molar-refractivity contribution in [1.29, 1.82) is 0 Å². The smallest absolute Gasteiger partial charge is 0.126 e. The Morgan fingerprint density at radius 3 is 2.95 bits per heavy atom. The number of ether oxygens (including phenoxy) is 1. The van der Waals surface area contributed by atoms with E-state index in [2.05, 4.69) is 40.2 Å².